The average Bonchev–Trinajstić information content (AvgIpc) is 2.95. The number of rotatable bonds is 5. The second-order valence-electron chi connectivity index (χ2n) is 5.12. The molecule has 108 valence electrons. The van der Waals surface area contributed by atoms with Gasteiger partial charge in [-0.15, -0.1) is 0 Å². The SMILES string of the molecule is CCOc1ccccc1C(C)Nc1ccc2[nH]ccc2c1. The third-order valence-electron chi connectivity index (χ3n) is 3.62. The summed E-state index contributed by atoms with van der Waals surface area (Å²) in [5.41, 5.74) is 3.44. The van der Waals surface area contributed by atoms with Gasteiger partial charge in [0.05, 0.1) is 12.6 Å². The minimum atomic E-state index is 0.184. The van der Waals surface area contributed by atoms with Crippen LogP contribution in [0.25, 0.3) is 10.9 Å². The van der Waals surface area contributed by atoms with Crippen LogP contribution in [0.3, 0.4) is 0 Å². The molecule has 3 heteroatoms. The number of aromatic amines is 1. The third kappa shape index (κ3) is 2.87. The van der Waals surface area contributed by atoms with E-state index < -0.39 is 0 Å². The lowest BCUT2D eigenvalue weighted by atomic mass is 10.1. The van der Waals surface area contributed by atoms with Gasteiger partial charge in [-0.25, -0.2) is 0 Å². The molecule has 0 spiro atoms. The topological polar surface area (TPSA) is 37.0 Å². The highest BCUT2D eigenvalue weighted by Gasteiger charge is 2.11. The number of ether oxygens (including phenoxy) is 1. The monoisotopic (exact) mass is 280 g/mol. The fourth-order valence-electron chi connectivity index (χ4n) is 2.60. The fraction of sp³-hybridized carbons (Fsp3) is 0.222. The molecule has 1 atom stereocenters. The van der Waals surface area contributed by atoms with Gasteiger partial charge in [0.1, 0.15) is 5.75 Å². The van der Waals surface area contributed by atoms with E-state index in [1.807, 2.05) is 31.3 Å². The standard InChI is InChI=1S/C18H20N2O/c1-3-21-18-7-5-4-6-16(18)13(2)20-15-8-9-17-14(12-15)10-11-19-17/h4-13,19-20H,3H2,1-2H3. The summed E-state index contributed by atoms with van der Waals surface area (Å²) in [5.74, 6) is 0.947. The van der Waals surface area contributed by atoms with E-state index in [1.165, 1.54) is 10.9 Å². The number of hydrogen-bond acceptors (Lipinski definition) is 2. The molecule has 0 aliphatic heterocycles. The molecule has 1 unspecified atom stereocenters. The van der Waals surface area contributed by atoms with Crippen LogP contribution in [0, 0.1) is 0 Å². The number of aromatic nitrogens is 1. The van der Waals surface area contributed by atoms with Crippen molar-refractivity contribution >= 4 is 16.6 Å². The highest BCUT2D eigenvalue weighted by molar-refractivity contribution is 5.83. The van der Waals surface area contributed by atoms with E-state index in [4.69, 9.17) is 4.74 Å². The van der Waals surface area contributed by atoms with E-state index in [9.17, 15) is 0 Å². The zero-order chi connectivity index (χ0) is 14.7. The molecule has 21 heavy (non-hydrogen) atoms. The van der Waals surface area contributed by atoms with Crippen LogP contribution in [0.1, 0.15) is 25.5 Å². The first-order chi connectivity index (χ1) is 10.3. The molecule has 2 N–H and O–H groups in total. The van der Waals surface area contributed by atoms with Crippen molar-refractivity contribution in [3.8, 4) is 5.75 Å². The van der Waals surface area contributed by atoms with Crippen LogP contribution < -0.4 is 10.1 Å². The van der Waals surface area contributed by atoms with Crippen LogP contribution >= 0.6 is 0 Å². The Hall–Kier alpha value is -2.42. The smallest absolute Gasteiger partial charge is 0.124 e. The van der Waals surface area contributed by atoms with Crippen molar-refractivity contribution in [3.63, 3.8) is 0 Å². The molecule has 0 bridgehead atoms. The second-order valence-corrected chi connectivity index (χ2v) is 5.12. The molecule has 0 amide bonds. The maximum Gasteiger partial charge on any atom is 0.124 e. The van der Waals surface area contributed by atoms with Crippen LogP contribution in [0.2, 0.25) is 0 Å². The molecule has 3 aromatic rings. The number of nitrogens with one attached hydrogen (secondary N) is 2. The summed E-state index contributed by atoms with van der Waals surface area (Å²) >= 11 is 0. The van der Waals surface area contributed by atoms with Crippen molar-refractivity contribution in [1.29, 1.82) is 0 Å². The highest BCUT2D eigenvalue weighted by atomic mass is 16.5. The van der Waals surface area contributed by atoms with Gasteiger partial charge in [-0.2, -0.15) is 0 Å². The van der Waals surface area contributed by atoms with Gasteiger partial charge in [-0.1, -0.05) is 18.2 Å². The minimum absolute atomic E-state index is 0.184. The van der Waals surface area contributed by atoms with Crippen LogP contribution in [0.4, 0.5) is 5.69 Å². The van der Waals surface area contributed by atoms with Gasteiger partial charge in [-0.05, 0) is 44.2 Å². The first kappa shape index (κ1) is 13.6. The Morgan fingerprint density at radius 3 is 2.86 bits per heavy atom. The van der Waals surface area contributed by atoms with Gasteiger partial charge < -0.3 is 15.0 Å². The normalized spacial score (nSPS) is 12.3. The van der Waals surface area contributed by atoms with Crippen LogP contribution in [0.5, 0.6) is 5.75 Å². The Morgan fingerprint density at radius 1 is 1.14 bits per heavy atom. The molecule has 3 rings (SSSR count). The molecule has 0 radical (unpaired) electrons. The molecule has 0 aliphatic rings. The lowest BCUT2D eigenvalue weighted by Crippen LogP contribution is -2.08. The Balaban J connectivity index is 1.83. The molecule has 3 nitrogen and oxygen atoms in total. The molecule has 0 fully saturated rings. The Labute approximate surface area is 125 Å². The van der Waals surface area contributed by atoms with E-state index in [0.717, 1.165) is 17.0 Å². The van der Waals surface area contributed by atoms with Gasteiger partial charge in [0.25, 0.3) is 0 Å². The lowest BCUT2D eigenvalue weighted by molar-refractivity contribution is 0.335. The van der Waals surface area contributed by atoms with Crippen molar-refractivity contribution in [2.24, 2.45) is 0 Å². The van der Waals surface area contributed by atoms with Crippen molar-refractivity contribution in [2.45, 2.75) is 19.9 Å². The summed E-state index contributed by atoms with van der Waals surface area (Å²) in [6.07, 6.45) is 1.96. The molecular formula is C18H20N2O. The van der Waals surface area contributed by atoms with E-state index in [-0.39, 0.29) is 6.04 Å². The predicted octanol–water partition coefficient (Wildman–Crippen LogP) is 4.74. The molecule has 2 aromatic carbocycles. The summed E-state index contributed by atoms with van der Waals surface area (Å²) in [6, 6.07) is 16.8. The molecule has 0 saturated carbocycles. The predicted molar refractivity (Wildman–Crippen MR) is 87.9 cm³/mol. The van der Waals surface area contributed by atoms with E-state index >= 15 is 0 Å². The molecule has 0 aliphatic carbocycles. The summed E-state index contributed by atoms with van der Waals surface area (Å²) in [5, 5.41) is 4.76. The number of benzene rings is 2. The lowest BCUT2D eigenvalue weighted by Gasteiger charge is -2.19. The number of anilines is 1. The van der Waals surface area contributed by atoms with Crippen molar-refractivity contribution < 1.29 is 4.74 Å². The highest BCUT2D eigenvalue weighted by Crippen LogP contribution is 2.28. The Kier molecular flexibility index (Phi) is 3.82. The quantitative estimate of drug-likeness (QED) is 0.708. The van der Waals surface area contributed by atoms with E-state index in [1.54, 1.807) is 0 Å². The van der Waals surface area contributed by atoms with Gasteiger partial charge in [0.15, 0.2) is 0 Å². The van der Waals surface area contributed by atoms with Gasteiger partial charge >= 0.3 is 0 Å². The minimum Gasteiger partial charge on any atom is -0.494 e. The van der Waals surface area contributed by atoms with Crippen molar-refractivity contribution in [2.75, 3.05) is 11.9 Å². The van der Waals surface area contributed by atoms with Gasteiger partial charge in [0.2, 0.25) is 0 Å². The van der Waals surface area contributed by atoms with Crippen molar-refractivity contribution in [3.05, 3.63) is 60.3 Å². The maximum atomic E-state index is 5.71. The number of fused-ring (bicyclic) bond motifs is 1. The number of para-hydroxylation sites is 1. The van der Waals surface area contributed by atoms with E-state index in [0.29, 0.717) is 6.61 Å². The molecule has 0 saturated heterocycles. The zero-order valence-electron chi connectivity index (χ0n) is 12.4. The van der Waals surface area contributed by atoms with Gasteiger partial charge in [-0.3, -0.25) is 0 Å². The second kappa shape index (κ2) is 5.92. The average molecular weight is 280 g/mol. The Morgan fingerprint density at radius 2 is 2.00 bits per heavy atom. The third-order valence-corrected chi connectivity index (χ3v) is 3.62. The maximum absolute atomic E-state index is 5.71. The van der Waals surface area contributed by atoms with Gasteiger partial charge in [0, 0.05) is 28.4 Å². The first-order valence-electron chi connectivity index (χ1n) is 7.33. The van der Waals surface area contributed by atoms with Crippen LogP contribution in [0.15, 0.2) is 54.7 Å². The van der Waals surface area contributed by atoms with Crippen LogP contribution in [-0.4, -0.2) is 11.6 Å². The molecule has 1 aromatic heterocycles. The fourth-order valence-corrected chi connectivity index (χ4v) is 2.60. The summed E-state index contributed by atoms with van der Waals surface area (Å²) in [7, 11) is 0. The zero-order valence-corrected chi connectivity index (χ0v) is 12.4. The molecular weight excluding hydrogens is 260 g/mol. The summed E-state index contributed by atoms with van der Waals surface area (Å²) < 4.78 is 5.71. The number of hydrogen-bond donors (Lipinski definition) is 2. The summed E-state index contributed by atoms with van der Waals surface area (Å²) in [6.45, 7) is 4.84. The summed E-state index contributed by atoms with van der Waals surface area (Å²) in [4.78, 5) is 3.21. The first-order valence-corrected chi connectivity index (χ1v) is 7.33. The number of H-pyrrole nitrogens is 1. The Bertz CT molecular complexity index is 733. The largest absolute Gasteiger partial charge is 0.494 e. The van der Waals surface area contributed by atoms with E-state index in [2.05, 4.69) is 47.6 Å². The molecule has 1 heterocycles. The van der Waals surface area contributed by atoms with Crippen LogP contribution in [-0.2, 0) is 0 Å². The van der Waals surface area contributed by atoms with Crippen molar-refractivity contribution in [1.82, 2.24) is 4.98 Å².